The summed E-state index contributed by atoms with van der Waals surface area (Å²) >= 11 is 5.90. The number of ether oxygens (including phenoxy) is 2. The molecular formula is C14H14ClNO4. The molecule has 0 saturated carbocycles. The SMILES string of the molecule is COc1cc(Cl)cc(C=O)c1OCc1nc(C)c(C)o1. The first-order valence-corrected chi connectivity index (χ1v) is 6.31. The van der Waals surface area contributed by atoms with Crippen LogP contribution in [-0.4, -0.2) is 18.4 Å². The van der Waals surface area contributed by atoms with Gasteiger partial charge < -0.3 is 13.9 Å². The van der Waals surface area contributed by atoms with Crippen LogP contribution in [0.5, 0.6) is 11.5 Å². The third kappa shape index (κ3) is 2.93. The van der Waals surface area contributed by atoms with Crippen LogP contribution < -0.4 is 9.47 Å². The standard InChI is InChI=1S/C14H14ClNO4/c1-8-9(2)20-13(16-8)7-19-14-10(6-17)4-11(15)5-12(14)18-3/h4-6H,7H2,1-3H3. The predicted octanol–water partition coefficient (Wildman–Crippen LogP) is 3.34. The van der Waals surface area contributed by atoms with Gasteiger partial charge in [-0.1, -0.05) is 11.6 Å². The molecular weight excluding hydrogens is 282 g/mol. The third-order valence-electron chi connectivity index (χ3n) is 2.81. The molecule has 1 aromatic carbocycles. The average Bonchev–Trinajstić information content (AvgIpc) is 2.75. The van der Waals surface area contributed by atoms with Gasteiger partial charge >= 0.3 is 0 Å². The second-order valence-corrected chi connectivity index (χ2v) is 4.62. The molecule has 0 aliphatic carbocycles. The summed E-state index contributed by atoms with van der Waals surface area (Å²) in [5, 5.41) is 0.402. The van der Waals surface area contributed by atoms with Crippen molar-refractivity contribution in [2.75, 3.05) is 7.11 Å². The summed E-state index contributed by atoms with van der Waals surface area (Å²) < 4.78 is 16.2. The van der Waals surface area contributed by atoms with E-state index in [-0.39, 0.29) is 6.61 Å². The number of carbonyl (C=O) groups is 1. The van der Waals surface area contributed by atoms with Crippen molar-refractivity contribution in [3.63, 3.8) is 0 Å². The van der Waals surface area contributed by atoms with Crippen molar-refractivity contribution in [3.8, 4) is 11.5 Å². The quantitative estimate of drug-likeness (QED) is 0.792. The molecule has 1 aromatic heterocycles. The van der Waals surface area contributed by atoms with Gasteiger partial charge in [-0.25, -0.2) is 4.98 Å². The Bertz CT molecular complexity index is 617. The van der Waals surface area contributed by atoms with Crippen molar-refractivity contribution in [2.45, 2.75) is 20.5 Å². The number of carbonyl (C=O) groups excluding carboxylic acids is 1. The minimum absolute atomic E-state index is 0.105. The van der Waals surface area contributed by atoms with E-state index in [9.17, 15) is 4.79 Å². The molecule has 0 saturated heterocycles. The molecule has 0 aliphatic rings. The lowest BCUT2D eigenvalue weighted by molar-refractivity contribution is 0.111. The van der Waals surface area contributed by atoms with Gasteiger partial charge in [0.1, 0.15) is 5.76 Å². The number of hydrogen-bond donors (Lipinski definition) is 0. The number of hydrogen-bond acceptors (Lipinski definition) is 5. The molecule has 0 spiro atoms. The van der Waals surface area contributed by atoms with Crippen molar-refractivity contribution < 1.29 is 18.7 Å². The van der Waals surface area contributed by atoms with Crippen LogP contribution >= 0.6 is 11.6 Å². The Morgan fingerprint density at radius 1 is 1.40 bits per heavy atom. The number of aldehydes is 1. The topological polar surface area (TPSA) is 61.6 Å². The Morgan fingerprint density at radius 3 is 2.70 bits per heavy atom. The van der Waals surface area contributed by atoms with Crippen LogP contribution in [0.4, 0.5) is 0 Å². The number of oxazole rings is 1. The van der Waals surface area contributed by atoms with Gasteiger partial charge in [-0.15, -0.1) is 0 Å². The second kappa shape index (κ2) is 5.96. The lowest BCUT2D eigenvalue weighted by Gasteiger charge is -2.11. The molecule has 0 amide bonds. The summed E-state index contributed by atoms with van der Waals surface area (Å²) in [5.41, 5.74) is 1.12. The third-order valence-corrected chi connectivity index (χ3v) is 3.03. The molecule has 0 aliphatic heterocycles. The Balaban J connectivity index is 2.26. The molecule has 2 aromatic rings. The number of benzene rings is 1. The lowest BCUT2D eigenvalue weighted by atomic mass is 10.2. The van der Waals surface area contributed by atoms with Gasteiger partial charge in [0.25, 0.3) is 0 Å². The van der Waals surface area contributed by atoms with Crippen molar-refractivity contribution >= 4 is 17.9 Å². The highest BCUT2D eigenvalue weighted by Crippen LogP contribution is 2.34. The largest absolute Gasteiger partial charge is 0.493 e. The minimum Gasteiger partial charge on any atom is -0.493 e. The van der Waals surface area contributed by atoms with Crippen LogP contribution in [0.2, 0.25) is 5.02 Å². The molecule has 0 N–H and O–H groups in total. The number of methoxy groups -OCH3 is 1. The van der Waals surface area contributed by atoms with Gasteiger partial charge in [-0.05, 0) is 19.9 Å². The van der Waals surface area contributed by atoms with E-state index in [1.54, 1.807) is 6.07 Å². The molecule has 0 atom stereocenters. The van der Waals surface area contributed by atoms with Crippen LogP contribution in [0.25, 0.3) is 0 Å². The lowest BCUT2D eigenvalue weighted by Crippen LogP contribution is -2.01. The zero-order valence-corrected chi connectivity index (χ0v) is 12.2. The molecule has 1 heterocycles. The summed E-state index contributed by atoms with van der Waals surface area (Å²) in [6.45, 7) is 3.78. The first-order chi connectivity index (χ1) is 9.55. The minimum atomic E-state index is 0.105. The number of aromatic nitrogens is 1. The van der Waals surface area contributed by atoms with E-state index in [0.717, 1.165) is 11.5 Å². The van der Waals surface area contributed by atoms with Gasteiger partial charge in [0.15, 0.2) is 24.4 Å². The highest BCUT2D eigenvalue weighted by molar-refractivity contribution is 6.31. The highest BCUT2D eigenvalue weighted by Gasteiger charge is 2.14. The molecule has 5 nitrogen and oxygen atoms in total. The fourth-order valence-electron chi connectivity index (χ4n) is 1.72. The molecule has 0 fully saturated rings. The van der Waals surface area contributed by atoms with Gasteiger partial charge in [0, 0.05) is 11.1 Å². The maximum absolute atomic E-state index is 11.1. The van der Waals surface area contributed by atoms with E-state index in [1.165, 1.54) is 13.2 Å². The second-order valence-electron chi connectivity index (χ2n) is 4.18. The summed E-state index contributed by atoms with van der Waals surface area (Å²) in [5.74, 6) is 1.89. The zero-order chi connectivity index (χ0) is 14.7. The molecule has 6 heteroatoms. The first-order valence-electron chi connectivity index (χ1n) is 5.93. The molecule has 0 unspecified atom stereocenters. The Kier molecular flexibility index (Phi) is 4.29. The van der Waals surface area contributed by atoms with Crippen molar-refractivity contribution in [2.24, 2.45) is 0 Å². The molecule has 0 bridgehead atoms. The maximum Gasteiger partial charge on any atom is 0.232 e. The Hall–Kier alpha value is -2.01. The van der Waals surface area contributed by atoms with Crippen LogP contribution in [0.15, 0.2) is 16.5 Å². The summed E-state index contributed by atoms with van der Waals surface area (Å²) in [6.07, 6.45) is 0.662. The number of halogens is 1. The number of aryl methyl sites for hydroxylation is 2. The molecule has 0 radical (unpaired) electrons. The normalized spacial score (nSPS) is 10.4. The Labute approximate surface area is 121 Å². The fourth-order valence-corrected chi connectivity index (χ4v) is 1.93. The van der Waals surface area contributed by atoms with E-state index in [0.29, 0.717) is 34.3 Å². The molecule has 2 rings (SSSR count). The number of rotatable bonds is 5. The smallest absolute Gasteiger partial charge is 0.232 e. The van der Waals surface area contributed by atoms with Crippen LogP contribution in [0.1, 0.15) is 27.7 Å². The molecule has 20 heavy (non-hydrogen) atoms. The van der Waals surface area contributed by atoms with E-state index in [4.69, 9.17) is 25.5 Å². The van der Waals surface area contributed by atoms with Gasteiger partial charge in [0.2, 0.25) is 5.89 Å². The highest BCUT2D eigenvalue weighted by atomic mass is 35.5. The first kappa shape index (κ1) is 14.4. The molecule has 106 valence electrons. The van der Waals surface area contributed by atoms with Crippen molar-refractivity contribution in [3.05, 3.63) is 40.1 Å². The van der Waals surface area contributed by atoms with Gasteiger partial charge in [-0.3, -0.25) is 4.79 Å². The van der Waals surface area contributed by atoms with E-state index in [2.05, 4.69) is 4.98 Å². The summed E-state index contributed by atoms with van der Waals surface area (Å²) in [6, 6.07) is 3.09. The Morgan fingerprint density at radius 2 is 2.15 bits per heavy atom. The van der Waals surface area contributed by atoms with E-state index < -0.39 is 0 Å². The van der Waals surface area contributed by atoms with Gasteiger partial charge in [0.05, 0.1) is 18.4 Å². The fraction of sp³-hybridized carbons (Fsp3) is 0.286. The van der Waals surface area contributed by atoms with Gasteiger partial charge in [-0.2, -0.15) is 0 Å². The summed E-state index contributed by atoms with van der Waals surface area (Å²) in [7, 11) is 1.48. The summed E-state index contributed by atoms with van der Waals surface area (Å²) in [4.78, 5) is 15.3. The monoisotopic (exact) mass is 295 g/mol. The predicted molar refractivity (Wildman–Crippen MR) is 73.7 cm³/mol. The van der Waals surface area contributed by atoms with Crippen LogP contribution in [0, 0.1) is 13.8 Å². The van der Waals surface area contributed by atoms with E-state index >= 15 is 0 Å². The maximum atomic E-state index is 11.1. The van der Waals surface area contributed by atoms with Crippen LogP contribution in [0.3, 0.4) is 0 Å². The van der Waals surface area contributed by atoms with Crippen molar-refractivity contribution in [1.29, 1.82) is 0 Å². The average molecular weight is 296 g/mol. The van der Waals surface area contributed by atoms with Crippen molar-refractivity contribution in [1.82, 2.24) is 4.98 Å². The number of nitrogens with zero attached hydrogens (tertiary/aromatic N) is 1. The van der Waals surface area contributed by atoms with E-state index in [1.807, 2.05) is 13.8 Å². The van der Waals surface area contributed by atoms with Crippen LogP contribution in [-0.2, 0) is 6.61 Å². The zero-order valence-electron chi connectivity index (χ0n) is 11.4.